The third-order valence-corrected chi connectivity index (χ3v) is 3.26. The van der Waals surface area contributed by atoms with Crippen LogP contribution >= 0.6 is 0 Å². The van der Waals surface area contributed by atoms with Crippen molar-refractivity contribution in [2.75, 3.05) is 0 Å². The predicted octanol–water partition coefficient (Wildman–Crippen LogP) is 1.51. The Bertz CT molecular complexity index is 745. The number of aliphatic carboxylic acids is 1. The van der Waals surface area contributed by atoms with Gasteiger partial charge in [0, 0.05) is 0 Å². The normalized spacial score (nSPS) is 12.4. The molecule has 106 valence electrons. The van der Waals surface area contributed by atoms with E-state index in [-0.39, 0.29) is 6.42 Å². The van der Waals surface area contributed by atoms with Gasteiger partial charge in [-0.2, -0.15) is 0 Å². The highest BCUT2D eigenvalue weighted by Gasteiger charge is 2.23. The van der Waals surface area contributed by atoms with E-state index in [9.17, 15) is 19.5 Å². The summed E-state index contributed by atoms with van der Waals surface area (Å²) >= 11 is 0. The van der Waals surface area contributed by atoms with Gasteiger partial charge in [-0.25, -0.2) is 14.2 Å². The summed E-state index contributed by atoms with van der Waals surface area (Å²) in [6.45, 7) is 1.92. The molecule has 0 saturated carbocycles. The van der Waals surface area contributed by atoms with Crippen LogP contribution in [0, 0.1) is 0 Å². The number of aromatic amines is 1. The molecule has 0 amide bonds. The number of carbonyl (C=O) groups is 1. The number of unbranched alkanes of at least 4 members (excludes halogenated alkanes) is 1. The van der Waals surface area contributed by atoms with Gasteiger partial charge in [-0.1, -0.05) is 31.9 Å². The van der Waals surface area contributed by atoms with E-state index in [1.165, 1.54) is 0 Å². The number of nitrogens with one attached hydrogen (secondary N) is 1. The molecule has 2 rings (SSSR count). The number of H-pyrrole nitrogens is 1. The molecule has 0 fully saturated rings. The van der Waals surface area contributed by atoms with Crippen molar-refractivity contribution < 1.29 is 9.90 Å². The number of aromatic nitrogens is 2. The van der Waals surface area contributed by atoms with Gasteiger partial charge in [0.2, 0.25) is 0 Å². The molecule has 0 bridgehead atoms. The highest BCUT2D eigenvalue weighted by molar-refractivity contribution is 5.78. The van der Waals surface area contributed by atoms with Gasteiger partial charge in [0.25, 0.3) is 5.56 Å². The minimum Gasteiger partial charge on any atom is -0.480 e. The van der Waals surface area contributed by atoms with E-state index in [0.717, 1.165) is 11.0 Å². The zero-order valence-corrected chi connectivity index (χ0v) is 11.1. The van der Waals surface area contributed by atoms with E-state index in [2.05, 4.69) is 4.98 Å². The van der Waals surface area contributed by atoms with Crippen molar-refractivity contribution in [2.45, 2.75) is 32.2 Å². The van der Waals surface area contributed by atoms with E-state index in [1.54, 1.807) is 24.3 Å². The van der Waals surface area contributed by atoms with Crippen LogP contribution in [0.25, 0.3) is 10.9 Å². The lowest BCUT2D eigenvalue weighted by molar-refractivity contribution is -0.141. The van der Waals surface area contributed by atoms with Gasteiger partial charge >= 0.3 is 11.7 Å². The Balaban J connectivity index is 2.66. The average Bonchev–Trinajstić information content (AvgIpc) is 2.42. The molecule has 6 heteroatoms. The topological polar surface area (TPSA) is 92.2 Å². The fourth-order valence-electron chi connectivity index (χ4n) is 2.22. The quantitative estimate of drug-likeness (QED) is 0.865. The van der Waals surface area contributed by atoms with Gasteiger partial charge in [-0.05, 0) is 18.6 Å². The van der Waals surface area contributed by atoms with Crippen molar-refractivity contribution in [3.05, 3.63) is 45.1 Å². The van der Waals surface area contributed by atoms with Crippen molar-refractivity contribution >= 4 is 16.9 Å². The van der Waals surface area contributed by atoms with Crippen LogP contribution in [0.5, 0.6) is 0 Å². The van der Waals surface area contributed by atoms with Crippen LogP contribution in [0.3, 0.4) is 0 Å². The van der Waals surface area contributed by atoms with Gasteiger partial charge in [-0.3, -0.25) is 4.79 Å². The number of hydrogen-bond donors (Lipinski definition) is 2. The SMILES string of the molecule is CCCC[C@@H](C(=O)O)n1c(=O)[nH]c2ccccc2c1=O. The maximum atomic E-state index is 12.3. The first-order chi connectivity index (χ1) is 9.56. The van der Waals surface area contributed by atoms with Crippen LogP contribution in [0.2, 0.25) is 0 Å². The number of fused-ring (bicyclic) bond motifs is 1. The van der Waals surface area contributed by atoms with Crippen LogP contribution in [0.4, 0.5) is 0 Å². The van der Waals surface area contributed by atoms with Crippen molar-refractivity contribution in [2.24, 2.45) is 0 Å². The van der Waals surface area contributed by atoms with Crippen LogP contribution in [-0.4, -0.2) is 20.6 Å². The molecule has 0 radical (unpaired) electrons. The molecule has 2 aromatic rings. The Kier molecular flexibility index (Phi) is 4.02. The van der Waals surface area contributed by atoms with Crippen LogP contribution in [0.1, 0.15) is 32.2 Å². The molecule has 1 aromatic carbocycles. The monoisotopic (exact) mass is 276 g/mol. The van der Waals surface area contributed by atoms with E-state index in [4.69, 9.17) is 0 Å². The second-order valence-electron chi connectivity index (χ2n) is 4.65. The minimum absolute atomic E-state index is 0.257. The first-order valence-corrected chi connectivity index (χ1v) is 6.52. The van der Waals surface area contributed by atoms with Gasteiger partial charge < -0.3 is 10.1 Å². The predicted molar refractivity (Wildman–Crippen MR) is 75.0 cm³/mol. The molecule has 0 saturated heterocycles. The minimum atomic E-state index is -1.17. The number of para-hydroxylation sites is 1. The molecule has 0 spiro atoms. The molecule has 1 aromatic heterocycles. The molecule has 1 atom stereocenters. The number of hydrogen-bond acceptors (Lipinski definition) is 3. The highest BCUT2D eigenvalue weighted by Crippen LogP contribution is 2.13. The fourth-order valence-corrected chi connectivity index (χ4v) is 2.22. The Hall–Kier alpha value is -2.37. The number of nitrogens with zero attached hydrogens (tertiary/aromatic N) is 1. The zero-order valence-electron chi connectivity index (χ0n) is 11.1. The lowest BCUT2D eigenvalue weighted by Gasteiger charge is -2.14. The summed E-state index contributed by atoms with van der Waals surface area (Å²) in [4.78, 5) is 38.2. The third kappa shape index (κ3) is 2.49. The number of rotatable bonds is 5. The molecule has 6 nitrogen and oxygen atoms in total. The molecule has 0 aliphatic heterocycles. The number of carboxylic acid groups (broad SMARTS) is 1. The zero-order chi connectivity index (χ0) is 14.7. The Morgan fingerprint density at radius 2 is 2.05 bits per heavy atom. The van der Waals surface area contributed by atoms with Gasteiger partial charge in [-0.15, -0.1) is 0 Å². The lowest BCUT2D eigenvalue weighted by atomic mass is 10.1. The average molecular weight is 276 g/mol. The summed E-state index contributed by atoms with van der Waals surface area (Å²) in [5.74, 6) is -1.17. The summed E-state index contributed by atoms with van der Waals surface area (Å²) in [5, 5.41) is 9.58. The maximum absolute atomic E-state index is 12.3. The van der Waals surface area contributed by atoms with E-state index < -0.39 is 23.3 Å². The van der Waals surface area contributed by atoms with Gasteiger partial charge in [0.15, 0.2) is 0 Å². The van der Waals surface area contributed by atoms with Gasteiger partial charge in [0.05, 0.1) is 10.9 Å². The Morgan fingerprint density at radius 3 is 2.70 bits per heavy atom. The Labute approximate surface area is 114 Å². The van der Waals surface area contributed by atoms with Crippen LogP contribution in [-0.2, 0) is 4.79 Å². The summed E-state index contributed by atoms with van der Waals surface area (Å²) in [6.07, 6.45) is 1.69. The molecular formula is C14H16N2O4. The maximum Gasteiger partial charge on any atom is 0.329 e. The van der Waals surface area contributed by atoms with E-state index in [1.807, 2.05) is 6.92 Å². The standard InChI is InChI=1S/C14H16N2O4/c1-2-3-8-11(13(18)19)16-12(17)9-6-4-5-7-10(9)15-14(16)20/h4-7,11H,2-3,8H2,1H3,(H,15,20)(H,18,19)/t11-/m0/s1. The first-order valence-electron chi connectivity index (χ1n) is 6.52. The first kappa shape index (κ1) is 14.0. The summed E-state index contributed by atoms with van der Waals surface area (Å²) in [5.41, 5.74) is -0.830. The summed E-state index contributed by atoms with van der Waals surface area (Å²) in [7, 11) is 0. The lowest BCUT2D eigenvalue weighted by Crippen LogP contribution is -2.41. The van der Waals surface area contributed by atoms with E-state index >= 15 is 0 Å². The highest BCUT2D eigenvalue weighted by atomic mass is 16.4. The molecule has 0 aliphatic rings. The van der Waals surface area contributed by atoms with Crippen molar-refractivity contribution in [3.8, 4) is 0 Å². The summed E-state index contributed by atoms with van der Waals surface area (Å²) in [6, 6.07) is 5.44. The molecule has 20 heavy (non-hydrogen) atoms. The van der Waals surface area contributed by atoms with Crippen LogP contribution in [0.15, 0.2) is 33.9 Å². The second kappa shape index (κ2) is 5.73. The smallest absolute Gasteiger partial charge is 0.329 e. The molecule has 0 unspecified atom stereocenters. The van der Waals surface area contributed by atoms with E-state index in [0.29, 0.717) is 17.3 Å². The number of benzene rings is 1. The van der Waals surface area contributed by atoms with Crippen molar-refractivity contribution in [3.63, 3.8) is 0 Å². The van der Waals surface area contributed by atoms with Crippen molar-refractivity contribution in [1.82, 2.24) is 9.55 Å². The summed E-state index contributed by atoms with van der Waals surface area (Å²) < 4.78 is 0.806. The van der Waals surface area contributed by atoms with Crippen molar-refractivity contribution in [1.29, 1.82) is 0 Å². The van der Waals surface area contributed by atoms with Gasteiger partial charge in [0.1, 0.15) is 6.04 Å². The largest absolute Gasteiger partial charge is 0.480 e. The fraction of sp³-hybridized carbons (Fsp3) is 0.357. The molecule has 1 heterocycles. The Morgan fingerprint density at radius 1 is 1.35 bits per heavy atom. The molecule has 2 N–H and O–H groups in total. The molecule has 0 aliphatic carbocycles. The molecular weight excluding hydrogens is 260 g/mol. The second-order valence-corrected chi connectivity index (χ2v) is 4.65. The third-order valence-electron chi connectivity index (χ3n) is 3.26. The number of carboxylic acids is 1. The van der Waals surface area contributed by atoms with Crippen LogP contribution < -0.4 is 11.2 Å².